The van der Waals surface area contributed by atoms with Crippen LogP contribution in [0.5, 0.6) is 0 Å². The van der Waals surface area contributed by atoms with Crippen molar-refractivity contribution in [1.29, 1.82) is 0 Å². The van der Waals surface area contributed by atoms with Crippen LogP contribution in [0.2, 0.25) is 0 Å². The monoisotopic (exact) mass is 456 g/mol. The molecule has 3 aromatic carbocycles. The number of rotatable bonds is 8. The topological polar surface area (TPSA) is 52.8 Å². The summed E-state index contributed by atoms with van der Waals surface area (Å²) >= 11 is 0. The van der Waals surface area contributed by atoms with Crippen molar-refractivity contribution >= 4 is 22.4 Å². The highest BCUT2D eigenvalue weighted by molar-refractivity contribution is 5.93. The minimum atomic E-state index is -0.426. The van der Waals surface area contributed by atoms with Crippen molar-refractivity contribution in [2.75, 3.05) is 37.7 Å². The fourth-order valence-corrected chi connectivity index (χ4v) is 5.75. The molecule has 0 aliphatic carbocycles. The van der Waals surface area contributed by atoms with Gasteiger partial charge in [0.2, 0.25) is 5.91 Å². The van der Waals surface area contributed by atoms with Gasteiger partial charge in [-0.25, -0.2) is 0 Å². The van der Waals surface area contributed by atoms with E-state index in [9.17, 15) is 4.79 Å². The Bertz CT molecular complexity index is 1100. The zero-order valence-corrected chi connectivity index (χ0v) is 20.0. The first-order valence-electron chi connectivity index (χ1n) is 12.7. The van der Waals surface area contributed by atoms with Crippen LogP contribution in [0.3, 0.4) is 0 Å². The molecule has 2 aliphatic heterocycles. The number of nitrogens with two attached hydrogens (primary N) is 1. The number of para-hydroxylation sites is 1. The maximum Gasteiger partial charge on any atom is 0.250 e. The summed E-state index contributed by atoms with van der Waals surface area (Å²) in [6.07, 6.45) is 4.86. The molecular formula is C29H36N4O. The number of likely N-dealkylation sites (tertiary alicyclic amines) is 1. The molecule has 2 aliphatic rings. The van der Waals surface area contributed by atoms with Crippen molar-refractivity contribution in [3.63, 3.8) is 0 Å². The van der Waals surface area contributed by atoms with Gasteiger partial charge in [0.05, 0.1) is 6.67 Å². The largest absolute Gasteiger partial charge is 0.339 e. The summed E-state index contributed by atoms with van der Waals surface area (Å²) in [5.41, 5.74) is 7.76. The molecule has 2 heterocycles. The molecule has 0 aromatic heterocycles. The van der Waals surface area contributed by atoms with Crippen molar-refractivity contribution in [1.82, 2.24) is 9.80 Å². The Hall–Kier alpha value is -2.89. The first-order valence-corrected chi connectivity index (χ1v) is 12.7. The normalized spacial score (nSPS) is 18.3. The van der Waals surface area contributed by atoms with Gasteiger partial charge in [0.25, 0.3) is 0 Å². The Morgan fingerprint density at radius 2 is 1.56 bits per heavy atom. The van der Waals surface area contributed by atoms with Gasteiger partial charge in [-0.1, -0.05) is 67.1 Å². The van der Waals surface area contributed by atoms with Crippen molar-refractivity contribution < 1.29 is 4.79 Å². The quantitative estimate of drug-likeness (QED) is 0.503. The van der Waals surface area contributed by atoms with E-state index in [1.165, 1.54) is 16.3 Å². The number of carbonyl (C=O) groups excluding carboxylic acids is 1. The van der Waals surface area contributed by atoms with Gasteiger partial charge in [-0.15, -0.1) is 0 Å². The minimum absolute atomic E-state index is 0.314. The predicted octanol–water partition coefficient (Wildman–Crippen LogP) is 4.61. The average molecular weight is 457 g/mol. The highest BCUT2D eigenvalue weighted by atomic mass is 16.2. The molecule has 2 fully saturated rings. The molecule has 0 atom stereocenters. The third kappa shape index (κ3) is 4.42. The first kappa shape index (κ1) is 22.9. The Labute approximate surface area is 203 Å². The highest BCUT2D eigenvalue weighted by Crippen LogP contribution is 2.40. The van der Waals surface area contributed by atoms with E-state index in [2.05, 4.69) is 81.4 Å². The zero-order chi connectivity index (χ0) is 23.4. The Kier molecular flexibility index (Phi) is 6.84. The number of unbranched alkanes of at least 4 members (excludes halogenated alkanes) is 2. The molecule has 0 saturated carbocycles. The van der Waals surface area contributed by atoms with E-state index in [0.717, 1.165) is 70.5 Å². The molecule has 3 aromatic rings. The minimum Gasteiger partial charge on any atom is -0.339 e. The van der Waals surface area contributed by atoms with Gasteiger partial charge in [0.1, 0.15) is 5.54 Å². The third-order valence-corrected chi connectivity index (χ3v) is 7.67. The summed E-state index contributed by atoms with van der Waals surface area (Å²) in [5.74, 6) is 0.314. The summed E-state index contributed by atoms with van der Waals surface area (Å²) in [7, 11) is 0. The van der Waals surface area contributed by atoms with Gasteiger partial charge < -0.3 is 15.5 Å². The highest BCUT2D eigenvalue weighted by Gasteiger charge is 2.53. The molecule has 178 valence electrons. The molecule has 2 N–H and O–H groups in total. The Morgan fingerprint density at radius 1 is 0.824 bits per heavy atom. The van der Waals surface area contributed by atoms with Crippen molar-refractivity contribution in [3.05, 3.63) is 78.4 Å². The number of hydrogen-bond donors (Lipinski definition) is 1. The number of piperidine rings is 1. The van der Waals surface area contributed by atoms with Crippen LogP contribution in [0.15, 0.2) is 72.8 Å². The van der Waals surface area contributed by atoms with E-state index in [-0.39, 0.29) is 0 Å². The summed E-state index contributed by atoms with van der Waals surface area (Å²) in [4.78, 5) is 20.8. The fraction of sp³-hybridized carbons (Fsp3) is 0.414. The van der Waals surface area contributed by atoms with E-state index in [1.54, 1.807) is 0 Å². The van der Waals surface area contributed by atoms with Gasteiger partial charge in [-0.2, -0.15) is 0 Å². The van der Waals surface area contributed by atoms with Crippen LogP contribution in [-0.4, -0.2) is 54.1 Å². The SMILES string of the molecule is NCCCCCN1CN(c2ccccc2)C2(CCN(Cc3cccc4ccccc34)CC2)C1=O. The van der Waals surface area contributed by atoms with Gasteiger partial charge in [-0.05, 0) is 60.7 Å². The van der Waals surface area contributed by atoms with Gasteiger partial charge in [0, 0.05) is 31.9 Å². The molecule has 0 bridgehead atoms. The van der Waals surface area contributed by atoms with E-state index in [0.29, 0.717) is 12.6 Å². The second-order valence-corrected chi connectivity index (χ2v) is 9.77. The number of amides is 1. The molecule has 5 nitrogen and oxygen atoms in total. The lowest BCUT2D eigenvalue weighted by molar-refractivity contribution is -0.133. The van der Waals surface area contributed by atoms with E-state index < -0.39 is 5.54 Å². The number of fused-ring (bicyclic) bond motifs is 1. The fourth-order valence-electron chi connectivity index (χ4n) is 5.75. The summed E-state index contributed by atoms with van der Waals surface area (Å²) in [6, 6.07) is 25.7. The van der Waals surface area contributed by atoms with Crippen LogP contribution in [0.25, 0.3) is 10.8 Å². The summed E-state index contributed by atoms with van der Waals surface area (Å²) < 4.78 is 0. The van der Waals surface area contributed by atoms with Crippen LogP contribution >= 0.6 is 0 Å². The molecule has 1 amide bonds. The Balaban J connectivity index is 1.32. The van der Waals surface area contributed by atoms with Crippen LogP contribution in [0.1, 0.15) is 37.7 Å². The second-order valence-electron chi connectivity index (χ2n) is 9.77. The lowest BCUT2D eigenvalue weighted by Gasteiger charge is -2.43. The van der Waals surface area contributed by atoms with E-state index in [4.69, 9.17) is 5.73 Å². The maximum atomic E-state index is 13.8. The average Bonchev–Trinajstić information content (AvgIpc) is 3.15. The number of anilines is 1. The summed E-state index contributed by atoms with van der Waals surface area (Å²) in [5, 5.41) is 2.62. The number of carbonyl (C=O) groups is 1. The number of hydrogen-bond acceptors (Lipinski definition) is 4. The lowest BCUT2D eigenvalue weighted by Crippen LogP contribution is -2.56. The van der Waals surface area contributed by atoms with E-state index >= 15 is 0 Å². The number of benzene rings is 3. The van der Waals surface area contributed by atoms with Crippen LogP contribution in [-0.2, 0) is 11.3 Å². The molecule has 0 unspecified atom stereocenters. The zero-order valence-electron chi connectivity index (χ0n) is 20.0. The van der Waals surface area contributed by atoms with Gasteiger partial charge >= 0.3 is 0 Å². The molecule has 34 heavy (non-hydrogen) atoms. The second kappa shape index (κ2) is 10.2. The van der Waals surface area contributed by atoms with Crippen LogP contribution < -0.4 is 10.6 Å². The molecule has 0 radical (unpaired) electrons. The van der Waals surface area contributed by atoms with Crippen LogP contribution in [0, 0.1) is 0 Å². The maximum absolute atomic E-state index is 13.8. The molecule has 1 spiro atoms. The molecular weight excluding hydrogens is 420 g/mol. The van der Waals surface area contributed by atoms with Crippen LogP contribution in [0.4, 0.5) is 5.69 Å². The van der Waals surface area contributed by atoms with Crippen molar-refractivity contribution in [2.24, 2.45) is 5.73 Å². The third-order valence-electron chi connectivity index (χ3n) is 7.67. The first-order chi connectivity index (χ1) is 16.7. The molecule has 5 heteroatoms. The standard InChI is InChI=1S/C29H36N4O/c30-18-7-2-8-19-32-23-33(26-13-3-1-4-14-26)29(28(32)34)16-20-31(21-17-29)22-25-12-9-11-24-10-5-6-15-27(24)25/h1,3-6,9-15H,2,7-8,16-23,30H2. The van der Waals surface area contributed by atoms with Gasteiger partial charge in [0.15, 0.2) is 0 Å². The van der Waals surface area contributed by atoms with Gasteiger partial charge in [-0.3, -0.25) is 9.69 Å². The predicted molar refractivity (Wildman–Crippen MR) is 140 cm³/mol. The van der Waals surface area contributed by atoms with Crippen molar-refractivity contribution in [2.45, 2.75) is 44.2 Å². The van der Waals surface area contributed by atoms with Crippen molar-refractivity contribution in [3.8, 4) is 0 Å². The van der Waals surface area contributed by atoms with E-state index in [1.807, 2.05) is 6.07 Å². The number of nitrogens with zero attached hydrogens (tertiary/aromatic N) is 3. The molecule has 5 rings (SSSR count). The molecule has 2 saturated heterocycles. The smallest absolute Gasteiger partial charge is 0.250 e. The lowest BCUT2D eigenvalue weighted by atomic mass is 9.85. The Morgan fingerprint density at radius 3 is 2.35 bits per heavy atom. The summed E-state index contributed by atoms with van der Waals surface area (Å²) in [6.45, 7) is 5.03.